The minimum absolute atomic E-state index is 0.337. The molecule has 0 fully saturated rings. The summed E-state index contributed by atoms with van der Waals surface area (Å²) in [6.45, 7) is 4.49. The van der Waals surface area contributed by atoms with Crippen LogP contribution in [-0.4, -0.2) is 16.4 Å². The maximum absolute atomic E-state index is 13.8. The number of unbranched alkanes of at least 4 members (excludes halogenated alkanes) is 1. The molecule has 2 aromatic rings. The molecule has 5 heteroatoms. The van der Waals surface area contributed by atoms with Crippen LogP contribution in [0.25, 0.3) is 5.69 Å². The SMILES string of the molecule is CCCCOc1ccc(F)c(-n2cc(Cl)c(C)n2)c1. The van der Waals surface area contributed by atoms with Crippen molar-refractivity contribution >= 4 is 11.6 Å². The quantitative estimate of drug-likeness (QED) is 0.770. The summed E-state index contributed by atoms with van der Waals surface area (Å²) < 4.78 is 20.8. The second-order valence-corrected chi connectivity index (χ2v) is 4.73. The van der Waals surface area contributed by atoms with Gasteiger partial charge in [0.05, 0.1) is 17.3 Å². The number of ether oxygens (including phenoxy) is 1. The summed E-state index contributed by atoms with van der Waals surface area (Å²) >= 11 is 5.94. The lowest BCUT2D eigenvalue weighted by Gasteiger charge is -2.08. The third kappa shape index (κ3) is 3.26. The molecule has 0 unspecified atom stereocenters. The van der Waals surface area contributed by atoms with E-state index in [9.17, 15) is 4.39 Å². The number of hydrogen-bond acceptors (Lipinski definition) is 2. The summed E-state index contributed by atoms with van der Waals surface area (Å²) in [5.74, 6) is 0.274. The van der Waals surface area contributed by atoms with E-state index < -0.39 is 0 Å². The number of rotatable bonds is 5. The topological polar surface area (TPSA) is 27.1 Å². The number of halogens is 2. The van der Waals surface area contributed by atoms with Gasteiger partial charge in [-0.2, -0.15) is 5.10 Å². The lowest BCUT2D eigenvalue weighted by atomic mass is 10.3. The third-order valence-corrected chi connectivity index (χ3v) is 3.14. The average molecular weight is 283 g/mol. The number of benzene rings is 1. The smallest absolute Gasteiger partial charge is 0.149 e. The second kappa shape index (κ2) is 6.06. The molecule has 0 atom stereocenters. The van der Waals surface area contributed by atoms with Gasteiger partial charge in [-0.05, 0) is 25.5 Å². The number of aryl methyl sites for hydroxylation is 1. The first-order valence-corrected chi connectivity index (χ1v) is 6.64. The van der Waals surface area contributed by atoms with Crippen molar-refractivity contribution in [3.05, 3.63) is 40.9 Å². The highest BCUT2D eigenvalue weighted by Crippen LogP contribution is 2.23. The molecule has 0 radical (unpaired) electrons. The highest BCUT2D eigenvalue weighted by Gasteiger charge is 2.10. The summed E-state index contributed by atoms with van der Waals surface area (Å²) in [6, 6.07) is 4.63. The van der Waals surface area contributed by atoms with Crippen molar-refractivity contribution in [2.45, 2.75) is 26.7 Å². The maximum atomic E-state index is 13.8. The van der Waals surface area contributed by atoms with Crippen LogP contribution >= 0.6 is 11.6 Å². The molecule has 0 saturated heterocycles. The first-order valence-electron chi connectivity index (χ1n) is 6.26. The van der Waals surface area contributed by atoms with E-state index in [-0.39, 0.29) is 5.82 Å². The van der Waals surface area contributed by atoms with Gasteiger partial charge in [0.2, 0.25) is 0 Å². The fourth-order valence-electron chi connectivity index (χ4n) is 1.65. The van der Waals surface area contributed by atoms with Crippen molar-refractivity contribution < 1.29 is 9.13 Å². The van der Waals surface area contributed by atoms with Crippen LogP contribution in [0.5, 0.6) is 5.75 Å². The van der Waals surface area contributed by atoms with Crippen LogP contribution in [0.4, 0.5) is 4.39 Å². The predicted octanol–water partition coefficient (Wildman–Crippen LogP) is 4.15. The minimum atomic E-state index is -0.359. The van der Waals surface area contributed by atoms with E-state index in [2.05, 4.69) is 12.0 Å². The third-order valence-electron chi connectivity index (χ3n) is 2.77. The Bertz CT molecular complexity index is 549. The van der Waals surface area contributed by atoms with Gasteiger partial charge in [-0.25, -0.2) is 9.07 Å². The monoisotopic (exact) mass is 282 g/mol. The van der Waals surface area contributed by atoms with Crippen LogP contribution in [0.15, 0.2) is 24.4 Å². The van der Waals surface area contributed by atoms with Crippen molar-refractivity contribution in [3.8, 4) is 11.4 Å². The van der Waals surface area contributed by atoms with Gasteiger partial charge in [0, 0.05) is 12.3 Å². The Kier molecular flexibility index (Phi) is 4.43. The summed E-state index contributed by atoms with van der Waals surface area (Å²) in [5, 5.41) is 4.68. The summed E-state index contributed by atoms with van der Waals surface area (Å²) in [4.78, 5) is 0. The molecule has 1 heterocycles. The van der Waals surface area contributed by atoms with Crippen LogP contribution in [0.3, 0.4) is 0 Å². The molecule has 1 aromatic carbocycles. The van der Waals surface area contributed by atoms with Crippen molar-refractivity contribution in [3.63, 3.8) is 0 Å². The maximum Gasteiger partial charge on any atom is 0.149 e. The van der Waals surface area contributed by atoms with Crippen molar-refractivity contribution in [1.82, 2.24) is 9.78 Å². The molecule has 3 nitrogen and oxygen atoms in total. The fraction of sp³-hybridized carbons (Fsp3) is 0.357. The normalized spacial score (nSPS) is 10.7. The largest absolute Gasteiger partial charge is 0.494 e. The molecule has 0 aliphatic rings. The molecular formula is C14H16ClFN2O. The number of nitrogens with zero attached hydrogens (tertiary/aromatic N) is 2. The first kappa shape index (κ1) is 13.9. The lowest BCUT2D eigenvalue weighted by Crippen LogP contribution is -2.01. The zero-order chi connectivity index (χ0) is 13.8. The Morgan fingerprint density at radius 1 is 1.42 bits per heavy atom. The lowest BCUT2D eigenvalue weighted by molar-refractivity contribution is 0.308. The van der Waals surface area contributed by atoms with E-state index in [4.69, 9.17) is 16.3 Å². The molecule has 0 aliphatic carbocycles. The molecule has 0 N–H and O–H groups in total. The summed E-state index contributed by atoms with van der Waals surface area (Å²) in [7, 11) is 0. The van der Waals surface area contributed by atoms with E-state index in [1.165, 1.54) is 10.7 Å². The van der Waals surface area contributed by atoms with Gasteiger partial charge in [0.1, 0.15) is 17.3 Å². The van der Waals surface area contributed by atoms with Gasteiger partial charge < -0.3 is 4.74 Å². The Morgan fingerprint density at radius 2 is 2.21 bits per heavy atom. The van der Waals surface area contributed by atoms with Gasteiger partial charge in [0.25, 0.3) is 0 Å². The number of hydrogen-bond donors (Lipinski definition) is 0. The van der Waals surface area contributed by atoms with Gasteiger partial charge in [-0.15, -0.1) is 0 Å². The standard InChI is InChI=1S/C14H16ClFN2O/c1-3-4-7-19-11-5-6-13(16)14(8-11)18-9-12(15)10(2)17-18/h5-6,8-9H,3-4,7H2,1-2H3. The van der Waals surface area contributed by atoms with E-state index in [1.54, 1.807) is 25.3 Å². The van der Waals surface area contributed by atoms with Gasteiger partial charge >= 0.3 is 0 Å². The molecule has 102 valence electrons. The van der Waals surface area contributed by atoms with Crippen LogP contribution < -0.4 is 4.74 Å². The second-order valence-electron chi connectivity index (χ2n) is 4.32. The minimum Gasteiger partial charge on any atom is -0.494 e. The molecule has 1 aromatic heterocycles. The summed E-state index contributed by atoms with van der Waals surface area (Å²) in [6.07, 6.45) is 3.62. The van der Waals surface area contributed by atoms with E-state index in [1.807, 2.05) is 0 Å². The van der Waals surface area contributed by atoms with Crippen LogP contribution in [-0.2, 0) is 0 Å². The van der Waals surface area contributed by atoms with Crippen LogP contribution in [0.2, 0.25) is 5.02 Å². The Labute approximate surface area is 117 Å². The highest BCUT2D eigenvalue weighted by molar-refractivity contribution is 6.31. The fourth-order valence-corrected chi connectivity index (χ4v) is 1.78. The van der Waals surface area contributed by atoms with Gasteiger partial charge in [-0.1, -0.05) is 24.9 Å². The van der Waals surface area contributed by atoms with Crippen molar-refractivity contribution in [1.29, 1.82) is 0 Å². The number of aromatic nitrogens is 2. The molecule has 0 spiro atoms. The van der Waals surface area contributed by atoms with E-state index >= 15 is 0 Å². The molecule has 19 heavy (non-hydrogen) atoms. The van der Waals surface area contributed by atoms with Gasteiger partial charge in [0.15, 0.2) is 0 Å². The molecular weight excluding hydrogens is 267 g/mol. The van der Waals surface area contributed by atoms with Crippen LogP contribution in [0, 0.1) is 12.7 Å². The highest BCUT2D eigenvalue weighted by atomic mass is 35.5. The Hall–Kier alpha value is -1.55. The molecule has 2 rings (SSSR count). The predicted molar refractivity (Wildman–Crippen MR) is 73.7 cm³/mol. The van der Waals surface area contributed by atoms with Gasteiger partial charge in [-0.3, -0.25) is 0 Å². The van der Waals surface area contributed by atoms with E-state index in [0.29, 0.717) is 28.8 Å². The Balaban J connectivity index is 2.26. The molecule has 0 amide bonds. The Morgan fingerprint density at radius 3 is 2.84 bits per heavy atom. The van der Waals surface area contributed by atoms with Crippen molar-refractivity contribution in [2.75, 3.05) is 6.61 Å². The molecule has 0 bridgehead atoms. The van der Waals surface area contributed by atoms with Crippen molar-refractivity contribution in [2.24, 2.45) is 0 Å². The summed E-state index contributed by atoms with van der Waals surface area (Å²) in [5.41, 5.74) is 1.00. The molecule has 0 saturated carbocycles. The first-order chi connectivity index (χ1) is 9.11. The van der Waals surface area contributed by atoms with E-state index in [0.717, 1.165) is 12.8 Å². The zero-order valence-electron chi connectivity index (χ0n) is 11.0. The average Bonchev–Trinajstić information content (AvgIpc) is 2.72. The molecule has 0 aliphatic heterocycles. The zero-order valence-corrected chi connectivity index (χ0v) is 11.7. The van der Waals surface area contributed by atoms with Crippen LogP contribution in [0.1, 0.15) is 25.5 Å².